The second-order valence-electron chi connectivity index (χ2n) is 6.41. The van der Waals surface area contributed by atoms with Gasteiger partial charge in [-0.2, -0.15) is 0 Å². The highest BCUT2D eigenvalue weighted by Crippen LogP contribution is 2.27. The summed E-state index contributed by atoms with van der Waals surface area (Å²) in [5.74, 6) is 0.153. The number of anilines is 1. The van der Waals surface area contributed by atoms with E-state index >= 15 is 0 Å². The maximum Gasteiger partial charge on any atom is 0.338 e. The summed E-state index contributed by atoms with van der Waals surface area (Å²) in [6.07, 6.45) is 0.350. The Hall–Kier alpha value is -2.97. The van der Waals surface area contributed by atoms with Gasteiger partial charge in [-0.3, -0.25) is 4.79 Å². The first-order chi connectivity index (χ1) is 14.6. The van der Waals surface area contributed by atoms with Crippen LogP contribution in [-0.2, 0) is 9.53 Å². The molecule has 2 aromatic carbocycles. The van der Waals surface area contributed by atoms with Gasteiger partial charge in [0.05, 0.1) is 32.9 Å². The number of esters is 1. The van der Waals surface area contributed by atoms with E-state index in [1.165, 1.54) is 11.3 Å². The second-order valence-corrected chi connectivity index (χ2v) is 8.56. The van der Waals surface area contributed by atoms with Gasteiger partial charge in [0, 0.05) is 17.6 Å². The number of hydrogen-bond acceptors (Lipinski definition) is 7. The first kappa shape index (κ1) is 20.3. The van der Waals surface area contributed by atoms with Gasteiger partial charge in [0.1, 0.15) is 0 Å². The fourth-order valence-electron chi connectivity index (χ4n) is 2.88. The number of pyridine rings is 1. The lowest BCUT2D eigenvalue weighted by Crippen LogP contribution is -2.11. The van der Waals surface area contributed by atoms with E-state index < -0.39 is 0 Å². The minimum Gasteiger partial charge on any atom is -0.462 e. The topological polar surface area (TPSA) is 81.2 Å². The molecule has 6 nitrogen and oxygen atoms in total. The minimum absolute atomic E-state index is 0.104. The predicted molar refractivity (Wildman–Crippen MR) is 121 cm³/mol. The molecule has 8 heteroatoms. The van der Waals surface area contributed by atoms with E-state index in [9.17, 15) is 9.59 Å². The van der Waals surface area contributed by atoms with Gasteiger partial charge < -0.3 is 10.1 Å². The highest BCUT2D eigenvalue weighted by Gasteiger charge is 2.12. The van der Waals surface area contributed by atoms with Gasteiger partial charge in [-0.1, -0.05) is 35.6 Å². The zero-order chi connectivity index (χ0) is 20.9. The van der Waals surface area contributed by atoms with E-state index in [1.807, 2.05) is 36.4 Å². The molecule has 0 unspecified atom stereocenters. The van der Waals surface area contributed by atoms with Crippen LogP contribution < -0.4 is 5.32 Å². The molecule has 0 bridgehead atoms. The van der Waals surface area contributed by atoms with Gasteiger partial charge in [0.15, 0.2) is 5.13 Å². The average Bonchev–Trinajstić information content (AvgIpc) is 3.15. The number of nitrogens with zero attached hydrogens (tertiary/aromatic N) is 2. The number of ether oxygens (including phenoxy) is 1. The Morgan fingerprint density at radius 1 is 1.07 bits per heavy atom. The van der Waals surface area contributed by atoms with Crippen molar-refractivity contribution in [3.63, 3.8) is 0 Å². The van der Waals surface area contributed by atoms with Gasteiger partial charge in [0.25, 0.3) is 0 Å². The molecule has 152 valence electrons. The van der Waals surface area contributed by atoms with E-state index in [0.29, 0.717) is 29.5 Å². The Labute approximate surface area is 181 Å². The van der Waals surface area contributed by atoms with Crippen molar-refractivity contribution >= 4 is 61.2 Å². The molecule has 0 saturated heterocycles. The summed E-state index contributed by atoms with van der Waals surface area (Å²) in [5.41, 5.74) is 2.16. The van der Waals surface area contributed by atoms with Gasteiger partial charge in [0.2, 0.25) is 5.91 Å². The van der Waals surface area contributed by atoms with Crippen LogP contribution in [0.4, 0.5) is 5.13 Å². The predicted octanol–water partition coefficient (Wildman–Crippen LogP) is 5.14. The number of thioether (sulfide) groups is 1. The summed E-state index contributed by atoms with van der Waals surface area (Å²) in [6.45, 7) is 2.10. The molecular formula is C22H19N3O3S2. The van der Waals surface area contributed by atoms with Crippen LogP contribution in [0.5, 0.6) is 0 Å². The number of para-hydroxylation sites is 1. The number of benzene rings is 2. The molecule has 4 aromatic rings. The van der Waals surface area contributed by atoms with Crippen LogP contribution in [0.15, 0.2) is 59.6 Å². The van der Waals surface area contributed by atoms with Crippen LogP contribution in [0.2, 0.25) is 0 Å². The molecule has 0 spiro atoms. The lowest BCUT2D eigenvalue weighted by atomic mass is 10.2. The Balaban J connectivity index is 1.34. The SMILES string of the molecule is CCOC(=O)c1ccc2nc(NC(=O)CCSc3ccc4ccccc4n3)sc2c1. The van der Waals surface area contributed by atoms with Crippen LogP contribution in [0.1, 0.15) is 23.7 Å². The molecule has 0 aliphatic rings. The number of thiazole rings is 1. The third-order valence-electron chi connectivity index (χ3n) is 4.30. The first-order valence-electron chi connectivity index (χ1n) is 9.48. The molecule has 2 heterocycles. The summed E-state index contributed by atoms with van der Waals surface area (Å²) < 4.78 is 5.85. The fraction of sp³-hybridized carbons (Fsp3) is 0.182. The molecule has 0 aliphatic heterocycles. The Morgan fingerprint density at radius 3 is 2.80 bits per heavy atom. The largest absolute Gasteiger partial charge is 0.462 e. The molecule has 1 amide bonds. The fourth-order valence-corrected chi connectivity index (χ4v) is 4.62. The quantitative estimate of drug-likeness (QED) is 0.318. The smallest absolute Gasteiger partial charge is 0.338 e. The Kier molecular flexibility index (Phi) is 6.25. The number of fused-ring (bicyclic) bond motifs is 2. The molecule has 0 saturated carbocycles. The zero-order valence-electron chi connectivity index (χ0n) is 16.3. The van der Waals surface area contributed by atoms with Gasteiger partial charge >= 0.3 is 5.97 Å². The van der Waals surface area contributed by atoms with E-state index in [2.05, 4.69) is 15.3 Å². The van der Waals surface area contributed by atoms with E-state index in [4.69, 9.17) is 4.74 Å². The average molecular weight is 438 g/mol. The van der Waals surface area contributed by atoms with Crippen LogP contribution in [0, 0.1) is 0 Å². The summed E-state index contributed by atoms with van der Waals surface area (Å²) in [4.78, 5) is 33.2. The lowest BCUT2D eigenvalue weighted by Gasteiger charge is -2.03. The van der Waals surface area contributed by atoms with Crippen molar-refractivity contribution in [2.75, 3.05) is 17.7 Å². The van der Waals surface area contributed by atoms with Crippen molar-refractivity contribution in [2.24, 2.45) is 0 Å². The standard InChI is InChI=1S/C22H19N3O3S2/c1-2-28-21(27)15-7-9-17-18(13-15)30-22(24-17)25-19(26)11-12-29-20-10-8-14-5-3-4-6-16(14)23-20/h3-10,13H,2,11-12H2,1H3,(H,24,25,26). The van der Waals surface area contributed by atoms with E-state index in [0.717, 1.165) is 26.1 Å². The molecule has 0 radical (unpaired) electrons. The highest BCUT2D eigenvalue weighted by atomic mass is 32.2. The maximum atomic E-state index is 12.3. The second kappa shape index (κ2) is 9.23. The number of carbonyl (C=O) groups excluding carboxylic acids is 2. The van der Waals surface area contributed by atoms with Crippen LogP contribution in [-0.4, -0.2) is 34.2 Å². The minimum atomic E-state index is -0.363. The number of rotatable bonds is 7. The summed E-state index contributed by atoms with van der Waals surface area (Å²) in [7, 11) is 0. The highest BCUT2D eigenvalue weighted by molar-refractivity contribution is 7.99. The van der Waals surface area contributed by atoms with E-state index in [1.54, 1.807) is 36.9 Å². The Morgan fingerprint density at radius 2 is 1.93 bits per heavy atom. The monoisotopic (exact) mass is 437 g/mol. The van der Waals surface area contributed by atoms with Crippen molar-refractivity contribution in [3.8, 4) is 0 Å². The first-order valence-corrected chi connectivity index (χ1v) is 11.3. The molecule has 30 heavy (non-hydrogen) atoms. The number of carbonyl (C=O) groups is 2. The lowest BCUT2D eigenvalue weighted by molar-refractivity contribution is -0.115. The van der Waals surface area contributed by atoms with Crippen molar-refractivity contribution in [1.29, 1.82) is 0 Å². The van der Waals surface area contributed by atoms with Crippen molar-refractivity contribution in [1.82, 2.24) is 9.97 Å². The van der Waals surface area contributed by atoms with Crippen LogP contribution in [0.25, 0.3) is 21.1 Å². The number of amides is 1. The number of aromatic nitrogens is 2. The van der Waals surface area contributed by atoms with Gasteiger partial charge in [-0.15, -0.1) is 11.8 Å². The maximum absolute atomic E-state index is 12.3. The molecule has 0 aliphatic carbocycles. The van der Waals surface area contributed by atoms with Crippen LogP contribution in [0.3, 0.4) is 0 Å². The summed E-state index contributed by atoms with van der Waals surface area (Å²) in [5, 5.41) is 5.35. The Bertz CT molecular complexity index is 1220. The molecular weight excluding hydrogens is 418 g/mol. The van der Waals surface area contributed by atoms with Crippen LogP contribution >= 0.6 is 23.1 Å². The van der Waals surface area contributed by atoms with Gasteiger partial charge in [-0.25, -0.2) is 14.8 Å². The third kappa shape index (κ3) is 4.77. The molecule has 4 rings (SSSR count). The van der Waals surface area contributed by atoms with E-state index in [-0.39, 0.29) is 11.9 Å². The van der Waals surface area contributed by atoms with Crippen molar-refractivity contribution in [3.05, 3.63) is 60.2 Å². The normalized spacial score (nSPS) is 11.0. The number of hydrogen-bond donors (Lipinski definition) is 1. The molecule has 2 aromatic heterocycles. The van der Waals surface area contributed by atoms with Crippen molar-refractivity contribution in [2.45, 2.75) is 18.4 Å². The molecule has 1 N–H and O–H groups in total. The summed E-state index contributed by atoms with van der Waals surface area (Å²) >= 11 is 2.89. The number of nitrogens with one attached hydrogen (secondary N) is 1. The molecule has 0 fully saturated rings. The summed E-state index contributed by atoms with van der Waals surface area (Å²) in [6, 6.07) is 17.1. The molecule has 0 atom stereocenters. The third-order valence-corrected chi connectivity index (χ3v) is 6.16. The van der Waals surface area contributed by atoms with Gasteiger partial charge in [-0.05, 0) is 37.3 Å². The van der Waals surface area contributed by atoms with Crippen molar-refractivity contribution < 1.29 is 14.3 Å². The zero-order valence-corrected chi connectivity index (χ0v) is 17.9.